The van der Waals surface area contributed by atoms with Gasteiger partial charge in [-0.25, -0.2) is 14.7 Å². The van der Waals surface area contributed by atoms with E-state index in [4.69, 9.17) is 9.47 Å². The van der Waals surface area contributed by atoms with Crippen LogP contribution >= 0.6 is 0 Å². The molecule has 152 valence electrons. The lowest BCUT2D eigenvalue weighted by Gasteiger charge is -2.14. The van der Waals surface area contributed by atoms with Gasteiger partial charge in [0.1, 0.15) is 24.2 Å². The van der Waals surface area contributed by atoms with E-state index in [0.29, 0.717) is 13.1 Å². The summed E-state index contributed by atoms with van der Waals surface area (Å²) >= 11 is 0. The monoisotopic (exact) mass is 394 g/mol. The first-order valence-corrected chi connectivity index (χ1v) is 9.40. The van der Waals surface area contributed by atoms with Gasteiger partial charge in [0.25, 0.3) is 0 Å². The number of guanidine groups is 1. The van der Waals surface area contributed by atoms with Gasteiger partial charge in [-0.05, 0) is 36.8 Å². The van der Waals surface area contributed by atoms with Gasteiger partial charge in [-0.3, -0.25) is 0 Å². The highest BCUT2D eigenvalue weighted by Crippen LogP contribution is 2.24. The van der Waals surface area contributed by atoms with Crippen molar-refractivity contribution in [3.8, 4) is 17.2 Å². The van der Waals surface area contributed by atoms with Crippen LogP contribution in [0.2, 0.25) is 0 Å². The number of hydrogen-bond donors (Lipinski definition) is 2. The van der Waals surface area contributed by atoms with Gasteiger partial charge in [-0.15, -0.1) is 0 Å². The van der Waals surface area contributed by atoms with Crippen molar-refractivity contribution in [1.82, 2.24) is 25.4 Å². The van der Waals surface area contributed by atoms with Gasteiger partial charge >= 0.3 is 0 Å². The molecule has 0 aliphatic carbocycles. The summed E-state index contributed by atoms with van der Waals surface area (Å²) in [5.74, 6) is 2.28. The largest absolute Gasteiger partial charge is 0.497 e. The normalized spacial score (nSPS) is 11.2. The number of nitrogens with zero attached hydrogens (tertiary/aromatic N) is 4. The third kappa shape index (κ3) is 5.47. The molecular formula is C21H26N6O2. The molecule has 0 aliphatic heterocycles. The number of benzene rings is 2. The number of methoxy groups -OCH3 is 2. The molecule has 2 aromatic carbocycles. The van der Waals surface area contributed by atoms with E-state index in [-0.39, 0.29) is 0 Å². The summed E-state index contributed by atoms with van der Waals surface area (Å²) in [7, 11) is 3.29. The Hall–Kier alpha value is -3.55. The van der Waals surface area contributed by atoms with Crippen molar-refractivity contribution in [3.63, 3.8) is 0 Å². The highest BCUT2D eigenvalue weighted by molar-refractivity contribution is 5.79. The van der Waals surface area contributed by atoms with E-state index in [1.54, 1.807) is 25.2 Å². The predicted molar refractivity (Wildman–Crippen MR) is 113 cm³/mol. The minimum absolute atomic E-state index is 0.562. The molecule has 0 radical (unpaired) electrons. The van der Waals surface area contributed by atoms with Crippen LogP contribution in [-0.4, -0.2) is 41.5 Å². The molecule has 0 bridgehead atoms. The SMILES string of the molecule is CCNC(=NCc1ccc(-n2cncn2)cc1)NCc1ccc(OC)cc1OC. The maximum atomic E-state index is 5.46. The lowest BCUT2D eigenvalue weighted by Crippen LogP contribution is -2.36. The van der Waals surface area contributed by atoms with Crippen LogP contribution in [0.5, 0.6) is 11.5 Å². The Morgan fingerprint density at radius 1 is 1.07 bits per heavy atom. The average Bonchev–Trinajstić information content (AvgIpc) is 3.31. The topological polar surface area (TPSA) is 85.6 Å². The van der Waals surface area contributed by atoms with Crippen molar-refractivity contribution >= 4 is 5.96 Å². The molecule has 1 heterocycles. The Morgan fingerprint density at radius 3 is 2.55 bits per heavy atom. The van der Waals surface area contributed by atoms with Crippen LogP contribution in [0.3, 0.4) is 0 Å². The van der Waals surface area contributed by atoms with Gasteiger partial charge in [-0.2, -0.15) is 5.10 Å². The fraction of sp³-hybridized carbons (Fsp3) is 0.286. The zero-order chi connectivity index (χ0) is 20.5. The molecule has 0 fully saturated rings. The lowest BCUT2D eigenvalue weighted by atomic mass is 10.2. The van der Waals surface area contributed by atoms with Crippen LogP contribution in [0.25, 0.3) is 5.69 Å². The third-order valence-electron chi connectivity index (χ3n) is 4.32. The summed E-state index contributed by atoms with van der Waals surface area (Å²) in [5, 5.41) is 10.7. The van der Waals surface area contributed by atoms with Gasteiger partial charge < -0.3 is 20.1 Å². The quantitative estimate of drug-likeness (QED) is 0.451. The number of nitrogens with one attached hydrogen (secondary N) is 2. The highest BCUT2D eigenvalue weighted by atomic mass is 16.5. The smallest absolute Gasteiger partial charge is 0.191 e. The Labute approximate surface area is 170 Å². The maximum absolute atomic E-state index is 5.46. The van der Waals surface area contributed by atoms with Gasteiger partial charge in [-0.1, -0.05) is 12.1 Å². The second kappa shape index (κ2) is 10.1. The third-order valence-corrected chi connectivity index (χ3v) is 4.32. The number of aromatic nitrogens is 3. The van der Waals surface area contributed by atoms with Crippen molar-refractivity contribution in [2.75, 3.05) is 20.8 Å². The van der Waals surface area contributed by atoms with Crippen molar-refractivity contribution < 1.29 is 9.47 Å². The molecule has 3 rings (SSSR count). The first kappa shape index (κ1) is 20.2. The lowest BCUT2D eigenvalue weighted by molar-refractivity contribution is 0.390. The van der Waals surface area contributed by atoms with Crippen LogP contribution in [0, 0.1) is 0 Å². The standard InChI is InChI=1S/C21H26N6O2/c1-4-23-21(25-13-17-7-10-19(28-2)11-20(17)29-3)24-12-16-5-8-18(9-6-16)27-15-22-14-26-27/h5-11,14-15H,4,12-13H2,1-3H3,(H2,23,24,25). The average molecular weight is 394 g/mol. The molecule has 0 amide bonds. The summed E-state index contributed by atoms with van der Waals surface area (Å²) in [5.41, 5.74) is 3.09. The Bertz CT molecular complexity index is 923. The Kier molecular flexibility index (Phi) is 7.05. The van der Waals surface area contributed by atoms with Gasteiger partial charge in [0, 0.05) is 24.7 Å². The molecule has 0 unspecified atom stereocenters. The van der Waals surface area contributed by atoms with Gasteiger partial charge in [0.2, 0.25) is 0 Å². The Balaban J connectivity index is 1.64. The van der Waals surface area contributed by atoms with E-state index in [0.717, 1.165) is 40.8 Å². The summed E-state index contributed by atoms with van der Waals surface area (Å²) < 4.78 is 12.4. The molecule has 0 spiro atoms. The summed E-state index contributed by atoms with van der Waals surface area (Å²) in [6, 6.07) is 13.9. The molecule has 29 heavy (non-hydrogen) atoms. The van der Waals surface area contributed by atoms with E-state index in [1.807, 2.05) is 49.4 Å². The highest BCUT2D eigenvalue weighted by Gasteiger charge is 2.06. The first-order chi connectivity index (χ1) is 14.2. The number of aliphatic imine (C=N–C) groups is 1. The van der Waals surface area contributed by atoms with Crippen LogP contribution in [0.4, 0.5) is 0 Å². The van der Waals surface area contributed by atoms with E-state index >= 15 is 0 Å². The minimum Gasteiger partial charge on any atom is -0.497 e. The molecule has 1 aromatic heterocycles. The van der Waals surface area contributed by atoms with Crippen molar-refractivity contribution in [1.29, 1.82) is 0 Å². The van der Waals surface area contributed by atoms with Crippen molar-refractivity contribution in [2.24, 2.45) is 4.99 Å². The first-order valence-electron chi connectivity index (χ1n) is 9.40. The van der Waals surface area contributed by atoms with Crippen LogP contribution in [0.15, 0.2) is 60.1 Å². The van der Waals surface area contributed by atoms with Crippen LogP contribution in [0.1, 0.15) is 18.1 Å². The van der Waals surface area contributed by atoms with Crippen LogP contribution < -0.4 is 20.1 Å². The fourth-order valence-corrected chi connectivity index (χ4v) is 2.78. The predicted octanol–water partition coefficient (Wildman–Crippen LogP) is 2.54. The molecule has 0 aliphatic rings. The molecule has 0 saturated carbocycles. The molecule has 8 heteroatoms. The van der Waals surface area contributed by atoms with Crippen LogP contribution in [-0.2, 0) is 13.1 Å². The van der Waals surface area contributed by atoms with Crippen molar-refractivity contribution in [2.45, 2.75) is 20.0 Å². The summed E-state index contributed by atoms with van der Waals surface area (Å²) in [6.45, 7) is 3.96. The Morgan fingerprint density at radius 2 is 1.90 bits per heavy atom. The second-order valence-corrected chi connectivity index (χ2v) is 6.23. The second-order valence-electron chi connectivity index (χ2n) is 6.23. The van der Waals surface area contributed by atoms with E-state index < -0.39 is 0 Å². The molecule has 8 nitrogen and oxygen atoms in total. The molecule has 0 saturated heterocycles. The summed E-state index contributed by atoms with van der Waals surface area (Å²) in [6.07, 6.45) is 3.19. The fourth-order valence-electron chi connectivity index (χ4n) is 2.78. The maximum Gasteiger partial charge on any atom is 0.191 e. The summed E-state index contributed by atoms with van der Waals surface area (Å²) in [4.78, 5) is 8.64. The molecule has 3 aromatic rings. The van der Waals surface area contributed by atoms with E-state index in [1.165, 1.54) is 6.33 Å². The minimum atomic E-state index is 0.562. The van der Waals surface area contributed by atoms with E-state index in [2.05, 4.69) is 25.7 Å². The number of hydrogen-bond acceptors (Lipinski definition) is 5. The molecule has 0 atom stereocenters. The van der Waals surface area contributed by atoms with Crippen molar-refractivity contribution in [3.05, 3.63) is 66.2 Å². The molecule has 2 N–H and O–H groups in total. The van der Waals surface area contributed by atoms with E-state index in [9.17, 15) is 0 Å². The zero-order valence-corrected chi connectivity index (χ0v) is 16.9. The van der Waals surface area contributed by atoms with Gasteiger partial charge in [0.05, 0.1) is 26.5 Å². The van der Waals surface area contributed by atoms with Gasteiger partial charge in [0.15, 0.2) is 5.96 Å². The zero-order valence-electron chi connectivity index (χ0n) is 16.9. The molecular weight excluding hydrogens is 368 g/mol. The number of rotatable bonds is 8. The number of ether oxygens (including phenoxy) is 2.